The number of nitrogens with zero attached hydrogens (tertiary/aromatic N) is 1. The average Bonchev–Trinajstić information content (AvgIpc) is 3.17. The van der Waals surface area contributed by atoms with Gasteiger partial charge in [0.2, 0.25) is 0 Å². The van der Waals surface area contributed by atoms with E-state index in [1.807, 2.05) is 42.5 Å². The van der Waals surface area contributed by atoms with Crippen LogP contribution in [0.3, 0.4) is 0 Å². The molecule has 1 heterocycles. The van der Waals surface area contributed by atoms with E-state index in [9.17, 15) is 9.90 Å². The van der Waals surface area contributed by atoms with Gasteiger partial charge in [-0.1, -0.05) is 36.4 Å². The molecule has 5 nitrogen and oxygen atoms in total. The number of carbonyl (C=O) groups excluding carboxylic acids is 1. The first-order chi connectivity index (χ1) is 11.5. The second-order valence-corrected chi connectivity index (χ2v) is 5.77. The molecule has 0 aliphatic rings. The third-order valence-corrected chi connectivity index (χ3v) is 4.15. The molecular formula is C19H19N3O2. The van der Waals surface area contributed by atoms with Gasteiger partial charge in [0.15, 0.2) is 0 Å². The Kier molecular flexibility index (Phi) is 4.18. The summed E-state index contributed by atoms with van der Waals surface area (Å²) in [7, 11) is 1.61. The van der Waals surface area contributed by atoms with Gasteiger partial charge in [-0.2, -0.15) is 0 Å². The Morgan fingerprint density at radius 2 is 1.92 bits per heavy atom. The lowest BCUT2D eigenvalue weighted by Crippen LogP contribution is -2.23. The van der Waals surface area contributed by atoms with Crippen molar-refractivity contribution in [3.63, 3.8) is 0 Å². The number of rotatable bonds is 4. The highest BCUT2D eigenvalue weighted by atomic mass is 16.3. The van der Waals surface area contributed by atoms with E-state index < -0.39 is 5.60 Å². The number of benzene rings is 2. The summed E-state index contributed by atoms with van der Waals surface area (Å²) in [6, 6.07) is 15.1. The summed E-state index contributed by atoms with van der Waals surface area (Å²) in [5, 5.41) is 13.4. The topological polar surface area (TPSA) is 78.0 Å². The number of amides is 1. The molecule has 3 N–H and O–H groups in total. The molecule has 2 aromatic carbocycles. The molecule has 0 saturated heterocycles. The van der Waals surface area contributed by atoms with Crippen molar-refractivity contribution in [3.8, 4) is 11.1 Å². The minimum absolute atomic E-state index is 0.115. The molecule has 3 rings (SSSR count). The lowest BCUT2D eigenvalue weighted by atomic mass is 9.91. The Labute approximate surface area is 140 Å². The largest absolute Gasteiger partial charge is 0.379 e. The Hall–Kier alpha value is -2.92. The highest BCUT2D eigenvalue weighted by Gasteiger charge is 2.26. The van der Waals surface area contributed by atoms with Crippen molar-refractivity contribution in [2.45, 2.75) is 12.5 Å². The molecule has 0 fully saturated rings. The van der Waals surface area contributed by atoms with Crippen LogP contribution in [0.25, 0.3) is 11.1 Å². The van der Waals surface area contributed by atoms with Gasteiger partial charge in [-0.05, 0) is 35.7 Å². The van der Waals surface area contributed by atoms with Crippen molar-refractivity contribution in [2.24, 2.45) is 0 Å². The number of aromatic amines is 1. The van der Waals surface area contributed by atoms with Gasteiger partial charge >= 0.3 is 0 Å². The zero-order valence-electron chi connectivity index (χ0n) is 13.6. The SMILES string of the molecule is CNC(=O)c1cccc(-c2ccc(C(C)(O)c3cnc[nH]3)cc2)c1. The zero-order valence-corrected chi connectivity index (χ0v) is 13.6. The molecule has 5 heteroatoms. The molecule has 1 amide bonds. The number of H-pyrrole nitrogens is 1. The normalized spacial score (nSPS) is 13.3. The van der Waals surface area contributed by atoms with Crippen LogP contribution >= 0.6 is 0 Å². The van der Waals surface area contributed by atoms with Crippen LogP contribution in [-0.4, -0.2) is 28.0 Å². The number of aromatic nitrogens is 2. The van der Waals surface area contributed by atoms with Gasteiger partial charge in [0.1, 0.15) is 5.60 Å². The average molecular weight is 321 g/mol. The van der Waals surface area contributed by atoms with E-state index in [2.05, 4.69) is 15.3 Å². The third kappa shape index (κ3) is 2.94. The second kappa shape index (κ2) is 6.29. The van der Waals surface area contributed by atoms with Crippen LogP contribution < -0.4 is 5.32 Å². The molecule has 3 aromatic rings. The summed E-state index contributed by atoms with van der Waals surface area (Å²) in [5.74, 6) is -0.115. The van der Waals surface area contributed by atoms with E-state index in [1.54, 1.807) is 32.6 Å². The van der Waals surface area contributed by atoms with Crippen molar-refractivity contribution < 1.29 is 9.90 Å². The maximum Gasteiger partial charge on any atom is 0.251 e. The van der Waals surface area contributed by atoms with Gasteiger partial charge in [-0.25, -0.2) is 4.98 Å². The molecule has 1 atom stereocenters. The molecule has 0 spiro atoms. The smallest absolute Gasteiger partial charge is 0.251 e. The standard InChI is InChI=1S/C19H19N3O2/c1-19(24,17-11-21-12-22-17)16-8-6-13(7-9-16)14-4-3-5-15(10-14)18(23)20-2/h3-12,24H,1-2H3,(H,20,23)(H,21,22). The van der Waals surface area contributed by atoms with Crippen LogP contribution in [0.5, 0.6) is 0 Å². The van der Waals surface area contributed by atoms with Gasteiger partial charge < -0.3 is 15.4 Å². The molecule has 1 aromatic heterocycles. The fourth-order valence-electron chi connectivity index (χ4n) is 2.65. The predicted molar refractivity (Wildman–Crippen MR) is 92.5 cm³/mol. The van der Waals surface area contributed by atoms with E-state index in [1.165, 1.54) is 0 Å². The zero-order chi connectivity index (χ0) is 17.2. The van der Waals surface area contributed by atoms with Gasteiger partial charge in [-0.15, -0.1) is 0 Å². The lowest BCUT2D eigenvalue weighted by Gasteiger charge is -2.22. The van der Waals surface area contributed by atoms with Gasteiger partial charge in [0.25, 0.3) is 5.91 Å². The maximum atomic E-state index is 11.8. The number of carbonyl (C=O) groups is 1. The highest BCUT2D eigenvalue weighted by Crippen LogP contribution is 2.29. The number of hydrogen-bond donors (Lipinski definition) is 3. The van der Waals surface area contributed by atoms with Crippen LogP contribution in [0, 0.1) is 0 Å². The predicted octanol–water partition coefficient (Wildman–Crippen LogP) is 2.69. The quantitative estimate of drug-likeness (QED) is 0.691. The van der Waals surface area contributed by atoms with Gasteiger partial charge in [-0.3, -0.25) is 4.79 Å². The highest BCUT2D eigenvalue weighted by molar-refractivity contribution is 5.95. The summed E-state index contributed by atoms with van der Waals surface area (Å²) in [4.78, 5) is 18.7. The van der Waals surface area contributed by atoms with Crippen LogP contribution in [0.15, 0.2) is 61.1 Å². The van der Waals surface area contributed by atoms with E-state index in [0.717, 1.165) is 16.7 Å². The molecule has 0 aliphatic carbocycles. The summed E-state index contributed by atoms with van der Waals surface area (Å²) in [6.45, 7) is 1.72. The van der Waals surface area contributed by atoms with Gasteiger partial charge in [0.05, 0.1) is 18.2 Å². The Balaban J connectivity index is 1.92. The first-order valence-corrected chi connectivity index (χ1v) is 7.66. The Morgan fingerprint density at radius 3 is 2.54 bits per heavy atom. The van der Waals surface area contributed by atoms with E-state index >= 15 is 0 Å². The molecule has 0 bridgehead atoms. The first-order valence-electron chi connectivity index (χ1n) is 7.66. The van der Waals surface area contributed by atoms with Crippen molar-refractivity contribution in [2.75, 3.05) is 7.05 Å². The summed E-state index contributed by atoms with van der Waals surface area (Å²) < 4.78 is 0. The number of imidazole rings is 1. The van der Waals surface area contributed by atoms with Crippen LogP contribution in [0.1, 0.15) is 28.5 Å². The van der Waals surface area contributed by atoms with Crippen molar-refractivity contribution >= 4 is 5.91 Å². The minimum Gasteiger partial charge on any atom is -0.379 e. The minimum atomic E-state index is -1.14. The first kappa shape index (κ1) is 16.0. The van der Waals surface area contributed by atoms with E-state index in [4.69, 9.17) is 0 Å². The van der Waals surface area contributed by atoms with E-state index in [0.29, 0.717) is 11.3 Å². The third-order valence-electron chi connectivity index (χ3n) is 4.15. The molecule has 0 saturated carbocycles. The fourth-order valence-corrected chi connectivity index (χ4v) is 2.65. The van der Waals surface area contributed by atoms with Crippen molar-refractivity contribution in [1.29, 1.82) is 0 Å². The van der Waals surface area contributed by atoms with Crippen LogP contribution in [0.2, 0.25) is 0 Å². The van der Waals surface area contributed by atoms with Crippen LogP contribution in [-0.2, 0) is 5.60 Å². The van der Waals surface area contributed by atoms with Gasteiger partial charge in [0, 0.05) is 12.6 Å². The fraction of sp³-hybridized carbons (Fsp3) is 0.158. The molecule has 1 unspecified atom stereocenters. The number of nitrogens with one attached hydrogen (secondary N) is 2. The number of hydrogen-bond acceptors (Lipinski definition) is 3. The van der Waals surface area contributed by atoms with Crippen LogP contribution in [0.4, 0.5) is 0 Å². The number of aliphatic hydroxyl groups is 1. The maximum absolute atomic E-state index is 11.8. The second-order valence-electron chi connectivity index (χ2n) is 5.77. The van der Waals surface area contributed by atoms with Crippen molar-refractivity contribution in [1.82, 2.24) is 15.3 Å². The Morgan fingerprint density at radius 1 is 1.17 bits per heavy atom. The molecular weight excluding hydrogens is 302 g/mol. The molecule has 24 heavy (non-hydrogen) atoms. The monoisotopic (exact) mass is 321 g/mol. The summed E-state index contributed by atoms with van der Waals surface area (Å²) in [5.41, 5.74) is 2.80. The Bertz CT molecular complexity index is 837. The molecule has 0 radical (unpaired) electrons. The summed E-state index contributed by atoms with van der Waals surface area (Å²) in [6.07, 6.45) is 3.16. The molecule has 122 valence electrons. The van der Waals surface area contributed by atoms with E-state index in [-0.39, 0.29) is 5.91 Å². The lowest BCUT2D eigenvalue weighted by molar-refractivity contribution is 0.0961. The summed E-state index contributed by atoms with van der Waals surface area (Å²) >= 11 is 0. The van der Waals surface area contributed by atoms with Crippen molar-refractivity contribution in [3.05, 3.63) is 77.9 Å². The molecule has 0 aliphatic heterocycles.